The van der Waals surface area contributed by atoms with Gasteiger partial charge in [0.1, 0.15) is 16.5 Å². The summed E-state index contributed by atoms with van der Waals surface area (Å²) in [6, 6.07) is -0.485. The summed E-state index contributed by atoms with van der Waals surface area (Å²) in [5.74, 6) is 0.0919. The number of carbonyl (C=O) groups is 3. The molecule has 0 unspecified atom stereocenters. The van der Waals surface area contributed by atoms with Crippen LogP contribution in [0.2, 0.25) is 0 Å². The zero-order chi connectivity index (χ0) is 21.9. The Hall–Kier alpha value is -2.16. The average molecular weight is 437 g/mol. The second-order valence-electron chi connectivity index (χ2n) is 9.10. The van der Waals surface area contributed by atoms with Gasteiger partial charge >= 0.3 is 6.09 Å². The van der Waals surface area contributed by atoms with Crippen LogP contribution in [0.15, 0.2) is 5.51 Å². The van der Waals surface area contributed by atoms with E-state index in [9.17, 15) is 14.4 Å². The molecule has 2 atom stereocenters. The van der Waals surface area contributed by atoms with Crippen molar-refractivity contribution in [3.8, 4) is 0 Å². The maximum atomic E-state index is 12.8. The first-order valence-corrected chi connectivity index (χ1v) is 11.5. The summed E-state index contributed by atoms with van der Waals surface area (Å²) >= 11 is 1.37. The van der Waals surface area contributed by atoms with Gasteiger partial charge in [-0.3, -0.25) is 14.5 Å². The molecule has 0 bridgehead atoms. The van der Waals surface area contributed by atoms with Gasteiger partial charge < -0.3 is 15.0 Å². The summed E-state index contributed by atoms with van der Waals surface area (Å²) in [6.07, 6.45) is 2.88. The van der Waals surface area contributed by atoms with Gasteiger partial charge in [0.15, 0.2) is 0 Å². The van der Waals surface area contributed by atoms with Crippen LogP contribution < -0.4 is 5.32 Å². The molecule has 30 heavy (non-hydrogen) atoms. The minimum absolute atomic E-state index is 0.0259. The Bertz CT molecular complexity index is 788. The summed E-state index contributed by atoms with van der Waals surface area (Å²) in [6.45, 7) is 9.70. The fourth-order valence-electron chi connectivity index (χ4n) is 4.01. The van der Waals surface area contributed by atoms with E-state index in [-0.39, 0.29) is 17.7 Å². The van der Waals surface area contributed by atoms with Crippen molar-refractivity contribution in [1.29, 1.82) is 0 Å². The van der Waals surface area contributed by atoms with E-state index in [1.807, 2.05) is 32.6 Å². The molecule has 0 spiro atoms. The van der Waals surface area contributed by atoms with Gasteiger partial charge in [-0.1, -0.05) is 0 Å². The lowest BCUT2D eigenvalue weighted by molar-refractivity contribution is -0.125. The van der Waals surface area contributed by atoms with Crippen LogP contribution in [0.25, 0.3) is 0 Å². The topological polar surface area (TPSA) is 91.8 Å². The Morgan fingerprint density at radius 1 is 1.23 bits per heavy atom. The summed E-state index contributed by atoms with van der Waals surface area (Å²) in [5.41, 5.74) is 1.88. The lowest BCUT2D eigenvalue weighted by Crippen LogP contribution is -2.49. The summed E-state index contributed by atoms with van der Waals surface area (Å²) in [7, 11) is 0. The van der Waals surface area contributed by atoms with Crippen LogP contribution in [-0.4, -0.2) is 70.5 Å². The largest absolute Gasteiger partial charge is 0.444 e. The average Bonchev–Trinajstić information content (AvgIpc) is 3.33. The van der Waals surface area contributed by atoms with Crippen molar-refractivity contribution in [2.24, 2.45) is 5.92 Å². The molecule has 0 radical (unpaired) electrons. The van der Waals surface area contributed by atoms with E-state index in [0.717, 1.165) is 31.5 Å². The molecule has 2 aliphatic heterocycles. The molecule has 3 amide bonds. The monoisotopic (exact) mass is 436 g/mol. The predicted octanol–water partition coefficient (Wildman–Crippen LogP) is 2.82. The lowest BCUT2D eigenvalue weighted by Gasteiger charge is -2.33. The van der Waals surface area contributed by atoms with E-state index in [1.165, 1.54) is 16.2 Å². The van der Waals surface area contributed by atoms with Crippen molar-refractivity contribution in [3.05, 3.63) is 16.1 Å². The van der Waals surface area contributed by atoms with E-state index in [1.54, 1.807) is 5.51 Å². The molecule has 0 aromatic carbocycles. The van der Waals surface area contributed by atoms with Crippen molar-refractivity contribution in [1.82, 2.24) is 20.1 Å². The third-order valence-corrected chi connectivity index (χ3v) is 6.41. The first-order chi connectivity index (χ1) is 14.2. The molecule has 1 N–H and O–H groups in total. The number of hydrogen-bond donors (Lipinski definition) is 1. The highest BCUT2D eigenvalue weighted by Crippen LogP contribution is 2.23. The van der Waals surface area contributed by atoms with E-state index in [2.05, 4.69) is 10.3 Å². The van der Waals surface area contributed by atoms with Crippen LogP contribution >= 0.6 is 11.3 Å². The molecular formula is C21H32N4O4S. The molecular weight excluding hydrogens is 404 g/mol. The highest BCUT2D eigenvalue weighted by Gasteiger charge is 2.37. The Labute approximate surface area is 182 Å². The molecule has 166 valence electrons. The lowest BCUT2D eigenvalue weighted by atomic mass is 9.97. The van der Waals surface area contributed by atoms with Crippen molar-refractivity contribution >= 4 is 29.2 Å². The quantitative estimate of drug-likeness (QED) is 0.784. The van der Waals surface area contributed by atoms with Gasteiger partial charge in [-0.2, -0.15) is 0 Å². The molecule has 2 fully saturated rings. The minimum Gasteiger partial charge on any atom is -0.444 e. The maximum absolute atomic E-state index is 12.8. The van der Waals surface area contributed by atoms with Gasteiger partial charge in [0.25, 0.3) is 5.91 Å². The van der Waals surface area contributed by atoms with Gasteiger partial charge in [-0.15, -0.1) is 11.3 Å². The molecule has 2 saturated heterocycles. The van der Waals surface area contributed by atoms with Gasteiger partial charge in [0.2, 0.25) is 5.91 Å². The smallest absolute Gasteiger partial charge is 0.410 e. The number of carbonyl (C=O) groups excluding carboxylic acids is 3. The first-order valence-electron chi connectivity index (χ1n) is 10.6. The molecule has 1 aromatic rings. The number of likely N-dealkylation sites (tertiary alicyclic amines) is 2. The highest BCUT2D eigenvalue weighted by molar-refractivity contribution is 7.11. The predicted molar refractivity (Wildman–Crippen MR) is 114 cm³/mol. The number of aryl methyl sites for hydroxylation is 1. The number of aromatic nitrogens is 1. The molecule has 2 aliphatic rings. The fourth-order valence-corrected chi connectivity index (χ4v) is 4.78. The molecule has 3 heterocycles. The molecule has 3 rings (SSSR count). The van der Waals surface area contributed by atoms with Crippen molar-refractivity contribution in [2.75, 3.05) is 26.2 Å². The van der Waals surface area contributed by atoms with Gasteiger partial charge in [-0.05, 0) is 59.3 Å². The van der Waals surface area contributed by atoms with Crippen LogP contribution in [0.5, 0.6) is 0 Å². The Morgan fingerprint density at radius 2 is 1.97 bits per heavy atom. The zero-order valence-electron chi connectivity index (χ0n) is 18.3. The summed E-state index contributed by atoms with van der Waals surface area (Å²) in [5, 5.41) is 3.01. The third-order valence-electron chi connectivity index (χ3n) is 5.49. The first kappa shape index (κ1) is 22.5. The van der Waals surface area contributed by atoms with Crippen LogP contribution in [0.3, 0.4) is 0 Å². The third kappa shape index (κ3) is 5.50. The Balaban J connectivity index is 1.52. The van der Waals surface area contributed by atoms with E-state index in [4.69, 9.17) is 4.74 Å². The van der Waals surface area contributed by atoms with Crippen molar-refractivity contribution < 1.29 is 19.1 Å². The van der Waals surface area contributed by atoms with Crippen LogP contribution in [0.4, 0.5) is 4.79 Å². The number of nitrogens with zero attached hydrogens (tertiary/aromatic N) is 3. The second kappa shape index (κ2) is 9.32. The normalized spacial score (nSPS) is 22.1. The van der Waals surface area contributed by atoms with E-state index >= 15 is 0 Å². The number of hydrogen-bond acceptors (Lipinski definition) is 6. The number of amides is 3. The Kier molecular flexibility index (Phi) is 7.00. The summed E-state index contributed by atoms with van der Waals surface area (Å²) in [4.78, 5) is 46.2. The Morgan fingerprint density at radius 3 is 2.63 bits per heavy atom. The number of rotatable bonds is 4. The van der Waals surface area contributed by atoms with Gasteiger partial charge in [0, 0.05) is 26.2 Å². The zero-order valence-corrected chi connectivity index (χ0v) is 19.1. The maximum Gasteiger partial charge on any atom is 0.410 e. The molecule has 0 saturated carbocycles. The highest BCUT2D eigenvalue weighted by atomic mass is 32.1. The standard InChI is InChI=1S/C21H32N4O4S/c1-14-17(30-13-23-14)19(27)24-9-5-7-15(12-24)11-22-18(26)16-8-6-10-25(16)20(28)29-21(2,3)4/h13,15-16H,5-12H2,1-4H3,(H,22,26)/t15-,16+/m0/s1. The van der Waals surface area contributed by atoms with Gasteiger partial charge in [0.05, 0.1) is 11.2 Å². The fraction of sp³-hybridized carbons (Fsp3) is 0.714. The van der Waals surface area contributed by atoms with Crippen LogP contribution in [0, 0.1) is 12.8 Å². The van der Waals surface area contributed by atoms with Crippen LogP contribution in [0.1, 0.15) is 61.8 Å². The molecule has 1 aromatic heterocycles. The number of nitrogens with one attached hydrogen (secondary N) is 1. The second-order valence-corrected chi connectivity index (χ2v) is 9.96. The summed E-state index contributed by atoms with van der Waals surface area (Å²) < 4.78 is 5.44. The molecule has 8 nitrogen and oxygen atoms in total. The van der Waals surface area contributed by atoms with Gasteiger partial charge in [-0.25, -0.2) is 9.78 Å². The molecule has 9 heteroatoms. The number of ether oxygens (including phenoxy) is 1. The van der Waals surface area contributed by atoms with Crippen LogP contribution in [-0.2, 0) is 9.53 Å². The van der Waals surface area contributed by atoms with Crippen molar-refractivity contribution in [2.45, 2.75) is 65.0 Å². The van der Waals surface area contributed by atoms with E-state index < -0.39 is 17.7 Å². The van der Waals surface area contributed by atoms with Crippen molar-refractivity contribution in [3.63, 3.8) is 0 Å². The number of thiazole rings is 1. The minimum atomic E-state index is -0.588. The van der Waals surface area contributed by atoms with E-state index in [0.29, 0.717) is 30.9 Å². The number of piperidine rings is 1. The molecule has 0 aliphatic carbocycles. The SMILES string of the molecule is Cc1ncsc1C(=O)N1CCC[C@@H](CNC(=O)[C@H]2CCCN2C(=O)OC(C)(C)C)C1.